The fourth-order valence-electron chi connectivity index (χ4n) is 3.95. The highest BCUT2D eigenvalue weighted by Gasteiger charge is 2.37. The zero-order valence-corrected chi connectivity index (χ0v) is 16.1. The van der Waals surface area contributed by atoms with E-state index < -0.39 is 6.09 Å². The van der Waals surface area contributed by atoms with Crippen LogP contribution >= 0.6 is 11.6 Å². The van der Waals surface area contributed by atoms with Crippen LogP contribution in [0.5, 0.6) is 0 Å². The van der Waals surface area contributed by atoms with Gasteiger partial charge < -0.3 is 25.0 Å². The number of carboxylic acid groups (broad SMARTS) is 1. The smallest absolute Gasteiger partial charge is 0.407 e. The summed E-state index contributed by atoms with van der Waals surface area (Å²) in [4.78, 5) is 34.8. The number of nitrogens with zero attached hydrogens (tertiary/aromatic N) is 4. The predicted molar refractivity (Wildman–Crippen MR) is 104 cm³/mol. The van der Waals surface area contributed by atoms with Crippen LogP contribution in [0.3, 0.4) is 0 Å². The Morgan fingerprint density at radius 1 is 1.26 bits per heavy atom. The maximum atomic E-state index is 11.5. The van der Waals surface area contributed by atoms with E-state index in [1.165, 1.54) is 17.7 Å². The van der Waals surface area contributed by atoms with Gasteiger partial charge in [-0.3, -0.25) is 0 Å². The van der Waals surface area contributed by atoms with Gasteiger partial charge in [0.2, 0.25) is 5.95 Å². The van der Waals surface area contributed by atoms with Crippen LogP contribution in [0.25, 0.3) is 0 Å². The summed E-state index contributed by atoms with van der Waals surface area (Å²) in [7, 11) is 0. The second kappa shape index (κ2) is 9.21. The highest BCUT2D eigenvalue weighted by Crippen LogP contribution is 2.27. The molecule has 27 heavy (non-hydrogen) atoms. The molecular weight excluding hydrogens is 370 g/mol. The Bertz CT molecular complexity index is 666. The first-order valence-electron chi connectivity index (χ1n) is 9.58. The van der Waals surface area contributed by atoms with Crippen LogP contribution in [0.15, 0.2) is 6.07 Å². The molecule has 0 unspecified atom stereocenters. The molecule has 1 aromatic rings. The fraction of sp³-hybridized carbons (Fsp3) is 0.667. The van der Waals surface area contributed by atoms with E-state index >= 15 is 0 Å². The lowest BCUT2D eigenvalue weighted by molar-refractivity contribution is -0.108. The third kappa shape index (κ3) is 5.00. The normalized spacial score (nSPS) is 23.1. The number of hydrogen-bond acceptors (Lipinski definition) is 6. The minimum atomic E-state index is -0.965. The summed E-state index contributed by atoms with van der Waals surface area (Å²) in [5.41, 5.74) is 0. The first-order chi connectivity index (χ1) is 13.1. The number of nitrogens with one attached hydrogen (secondary N) is 1. The highest BCUT2D eigenvalue weighted by molar-refractivity contribution is 6.29. The molecule has 0 aliphatic carbocycles. The van der Waals surface area contributed by atoms with Gasteiger partial charge in [0.25, 0.3) is 0 Å². The van der Waals surface area contributed by atoms with Crippen molar-refractivity contribution in [2.75, 3.05) is 29.9 Å². The summed E-state index contributed by atoms with van der Waals surface area (Å²) in [6, 6.07) is 1.36. The quantitative estimate of drug-likeness (QED) is 0.564. The van der Waals surface area contributed by atoms with Crippen LogP contribution in [0.4, 0.5) is 16.6 Å². The fourth-order valence-corrected chi connectivity index (χ4v) is 4.13. The topological polar surface area (TPSA) is 98.7 Å². The van der Waals surface area contributed by atoms with Crippen molar-refractivity contribution in [3.05, 3.63) is 11.2 Å². The summed E-state index contributed by atoms with van der Waals surface area (Å²) < 4.78 is 0. The lowest BCUT2D eigenvalue weighted by Gasteiger charge is -2.27. The van der Waals surface area contributed by atoms with Crippen molar-refractivity contribution in [2.24, 2.45) is 0 Å². The Morgan fingerprint density at radius 2 is 2.00 bits per heavy atom. The lowest BCUT2D eigenvalue weighted by Crippen LogP contribution is -2.41. The Hall–Kier alpha value is -2.09. The monoisotopic (exact) mass is 395 g/mol. The largest absolute Gasteiger partial charge is 0.465 e. The SMILES string of the molecule is O=CCC[C@@H]1[C@@H](Nc2nc(Cl)cc(N3CCCCCC3)n2)CCN1C(=O)O. The Morgan fingerprint density at radius 3 is 2.67 bits per heavy atom. The molecule has 2 aliphatic heterocycles. The summed E-state index contributed by atoms with van der Waals surface area (Å²) in [6.07, 6.45) is 6.02. The summed E-state index contributed by atoms with van der Waals surface area (Å²) in [5.74, 6) is 1.21. The molecule has 8 nitrogen and oxygen atoms in total. The molecule has 3 rings (SSSR count). The summed E-state index contributed by atoms with van der Waals surface area (Å²) in [6.45, 7) is 2.33. The number of aldehydes is 1. The molecule has 2 N–H and O–H groups in total. The van der Waals surface area contributed by atoms with E-state index in [-0.39, 0.29) is 12.1 Å². The minimum absolute atomic E-state index is 0.142. The van der Waals surface area contributed by atoms with Gasteiger partial charge in [-0.15, -0.1) is 0 Å². The number of aromatic nitrogens is 2. The molecule has 3 heterocycles. The van der Waals surface area contributed by atoms with Gasteiger partial charge in [-0.2, -0.15) is 4.98 Å². The summed E-state index contributed by atoms with van der Waals surface area (Å²) in [5, 5.41) is 13.0. The number of carbonyl (C=O) groups is 2. The molecule has 0 saturated carbocycles. The lowest BCUT2D eigenvalue weighted by atomic mass is 10.0. The molecule has 2 saturated heterocycles. The van der Waals surface area contributed by atoms with Gasteiger partial charge in [-0.05, 0) is 25.7 Å². The van der Waals surface area contributed by atoms with Crippen molar-refractivity contribution in [2.45, 2.75) is 57.0 Å². The van der Waals surface area contributed by atoms with Crippen molar-refractivity contribution in [3.63, 3.8) is 0 Å². The van der Waals surface area contributed by atoms with Gasteiger partial charge >= 0.3 is 6.09 Å². The molecule has 0 spiro atoms. The van der Waals surface area contributed by atoms with Crippen molar-refractivity contribution in [1.29, 1.82) is 0 Å². The van der Waals surface area contributed by atoms with E-state index in [9.17, 15) is 14.7 Å². The average Bonchev–Trinajstić information content (AvgIpc) is 2.84. The Balaban J connectivity index is 1.75. The van der Waals surface area contributed by atoms with E-state index in [4.69, 9.17) is 11.6 Å². The van der Waals surface area contributed by atoms with E-state index in [1.54, 1.807) is 6.07 Å². The van der Waals surface area contributed by atoms with Crippen LogP contribution in [-0.2, 0) is 4.79 Å². The van der Waals surface area contributed by atoms with E-state index in [0.29, 0.717) is 36.9 Å². The molecule has 2 atom stereocenters. The molecular formula is C18H26ClN5O3. The maximum Gasteiger partial charge on any atom is 0.407 e. The number of carbonyl (C=O) groups excluding carboxylic acids is 1. The minimum Gasteiger partial charge on any atom is -0.465 e. The van der Waals surface area contributed by atoms with Gasteiger partial charge in [0.15, 0.2) is 0 Å². The third-order valence-corrected chi connectivity index (χ3v) is 5.49. The summed E-state index contributed by atoms with van der Waals surface area (Å²) >= 11 is 6.23. The number of likely N-dealkylation sites (tertiary alicyclic amines) is 1. The third-order valence-electron chi connectivity index (χ3n) is 5.30. The van der Waals surface area contributed by atoms with Crippen LogP contribution in [0, 0.1) is 0 Å². The molecule has 2 aliphatic rings. The van der Waals surface area contributed by atoms with Crippen molar-refractivity contribution in [3.8, 4) is 0 Å². The number of anilines is 2. The van der Waals surface area contributed by atoms with E-state index in [2.05, 4.69) is 20.2 Å². The Labute approximate surface area is 163 Å². The molecule has 1 aromatic heterocycles. The van der Waals surface area contributed by atoms with Crippen molar-refractivity contribution in [1.82, 2.24) is 14.9 Å². The molecule has 0 aromatic carbocycles. The number of hydrogen-bond donors (Lipinski definition) is 2. The van der Waals surface area contributed by atoms with Gasteiger partial charge in [0, 0.05) is 32.1 Å². The van der Waals surface area contributed by atoms with Crippen molar-refractivity contribution >= 4 is 35.7 Å². The number of amides is 1. The zero-order valence-electron chi connectivity index (χ0n) is 15.3. The van der Waals surface area contributed by atoms with Crippen LogP contribution in [-0.4, -0.2) is 64.1 Å². The van der Waals surface area contributed by atoms with Crippen molar-refractivity contribution < 1.29 is 14.7 Å². The number of rotatable bonds is 6. The number of halogens is 1. The maximum absolute atomic E-state index is 11.5. The van der Waals surface area contributed by atoms with Gasteiger partial charge in [0.05, 0.1) is 12.1 Å². The van der Waals surface area contributed by atoms with E-state index in [1.807, 2.05) is 0 Å². The molecule has 2 fully saturated rings. The van der Waals surface area contributed by atoms with Crippen LogP contribution in [0.1, 0.15) is 44.9 Å². The van der Waals surface area contributed by atoms with E-state index in [0.717, 1.165) is 38.0 Å². The van der Waals surface area contributed by atoms with Gasteiger partial charge in [0.1, 0.15) is 17.3 Å². The molecule has 0 radical (unpaired) electrons. The first-order valence-corrected chi connectivity index (χ1v) is 9.95. The van der Waals surface area contributed by atoms with Gasteiger partial charge in [-0.1, -0.05) is 24.4 Å². The second-order valence-corrected chi connectivity index (χ2v) is 7.49. The predicted octanol–water partition coefficient (Wildman–Crippen LogP) is 3.02. The molecule has 148 valence electrons. The second-order valence-electron chi connectivity index (χ2n) is 7.10. The van der Waals surface area contributed by atoms with Crippen LogP contribution < -0.4 is 10.2 Å². The average molecular weight is 396 g/mol. The highest BCUT2D eigenvalue weighted by atomic mass is 35.5. The van der Waals surface area contributed by atoms with Crippen LogP contribution in [0.2, 0.25) is 5.15 Å². The molecule has 0 bridgehead atoms. The zero-order chi connectivity index (χ0) is 19.2. The molecule has 9 heteroatoms. The van der Waals surface area contributed by atoms with Gasteiger partial charge in [-0.25, -0.2) is 9.78 Å². The first kappa shape index (κ1) is 19.7. The standard InChI is InChI=1S/C18H26ClN5O3/c19-15-12-16(23-8-3-1-2-4-9-23)22-17(21-15)20-13-7-10-24(18(26)27)14(13)6-5-11-25/h11-14H,1-10H2,(H,26,27)(H,20,21,22)/t13-,14+/m0/s1. The molecule has 1 amide bonds. The Kier molecular flexibility index (Phi) is 6.71.